The summed E-state index contributed by atoms with van der Waals surface area (Å²) in [5.41, 5.74) is 7.69. The molecule has 0 fully saturated rings. The van der Waals surface area contributed by atoms with Crippen LogP contribution in [0.3, 0.4) is 0 Å². The van der Waals surface area contributed by atoms with Gasteiger partial charge in [-0.15, -0.1) is 0 Å². The van der Waals surface area contributed by atoms with E-state index in [1.165, 1.54) is 0 Å². The third-order valence-corrected chi connectivity index (χ3v) is 2.93. The Morgan fingerprint density at radius 2 is 2.18 bits per heavy atom. The zero-order chi connectivity index (χ0) is 13.0. The number of amides is 1. The molecule has 4 nitrogen and oxygen atoms in total. The fourth-order valence-electron chi connectivity index (χ4n) is 1.37. The van der Waals surface area contributed by atoms with Crippen molar-refractivity contribution in [3.05, 3.63) is 29.1 Å². The molecule has 92 valence electrons. The summed E-state index contributed by atoms with van der Waals surface area (Å²) in [5, 5.41) is 2.79. The Morgan fingerprint density at radius 3 is 2.71 bits per heavy atom. The zero-order valence-corrected chi connectivity index (χ0v) is 11.1. The Morgan fingerprint density at radius 1 is 1.53 bits per heavy atom. The van der Waals surface area contributed by atoms with Crippen LogP contribution in [0.4, 0.5) is 0 Å². The number of aromatic nitrogens is 1. The number of hydrogen-bond acceptors (Lipinski definition) is 3. The average molecular weight is 251 g/mol. The van der Waals surface area contributed by atoms with Gasteiger partial charge >= 0.3 is 0 Å². The molecular formula is C12H17N3OS. The maximum atomic E-state index is 11.9. The predicted octanol–water partition coefficient (Wildman–Crippen LogP) is 1.35. The molecule has 17 heavy (non-hydrogen) atoms. The van der Waals surface area contributed by atoms with Crippen LogP contribution in [0.5, 0.6) is 0 Å². The van der Waals surface area contributed by atoms with E-state index < -0.39 is 0 Å². The molecule has 0 spiro atoms. The first-order valence-corrected chi connectivity index (χ1v) is 5.84. The predicted molar refractivity (Wildman–Crippen MR) is 72.0 cm³/mol. The van der Waals surface area contributed by atoms with E-state index in [1.807, 2.05) is 26.8 Å². The fourth-order valence-corrected chi connectivity index (χ4v) is 1.45. The van der Waals surface area contributed by atoms with Gasteiger partial charge < -0.3 is 11.1 Å². The second-order valence-electron chi connectivity index (χ2n) is 4.10. The molecule has 1 aromatic rings. The number of carbonyl (C=O) groups is 1. The molecule has 0 saturated heterocycles. The molecule has 1 rings (SSSR count). The molecule has 0 aliphatic heterocycles. The Hall–Kier alpha value is -1.49. The molecule has 0 saturated carbocycles. The summed E-state index contributed by atoms with van der Waals surface area (Å²) in [7, 11) is 0. The molecule has 3 N–H and O–H groups in total. The maximum absolute atomic E-state index is 11.9. The Balaban J connectivity index is 2.67. The number of nitrogens with one attached hydrogen (secondary N) is 1. The highest BCUT2D eigenvalue weighted by molar-refractivity contribution is 7.80. The summed E-state index contributed by atoms with van der Waals surface area (Å²) in [4.78, 5) is 16.5. The van der Waals surface area contributed by atoms with Gasteiger partial charge in [-0.05, 0) is 26.0 Å². The molecule has 0 bridgehead atoms. The topological polar surface area (TPSA) is 68.0 Å². The lowest BCUT2D eigenvalue weighted by Crippen LogP contribution is -2.34. The molecule has 0 aliphatic carbocycles. The lowest BCUT2D eigenvalue weighted by Gasteiger charge is -2.12. The van der Waals surface area contributed by atoms with Crippen molar-refractivity contribution in [3.63, 3.8) is 0 Å². The number of thiocarbonyl (C=S) groups is 1. The van der Waals surface area contributed by atoms with Crippen molar-refractivity contribution < 1.29 is 4.79 Å². The molecule has 1 unspecified atom stereocenters. The summed E-state index contributed by atoms with van der Waals surface area (Å²) >= 11 is 4.84. The molecule has 0 aromatic carbocycles. The normalized spacial score (nSPS) is 11.9. The van der Waals surface area contributed by atoms with Crippen LogP contribution in [0.1, 0.15) is 28.7 Å². The zero-order valence-electron chi connectivity index (χ0n) is 10.3. The molecule has 5 heteroatoms. The van der Waals surface area contributed by atoms with Crippen molar-refractivity contribution in [1.82, 2.24) is 10.3 Å². The maximum Gasteiger partial charge on any atom is 0.253 e. The third kappa shape index (κ3) is 3.78. The van der Waals surface area contributed by atoms with Gasteiger partial charge in [0.1, 0.15) is 0 Å². The first-order valence-electron chi connectivity index (χ1n) is 5.43. The van der Waals surface area contributed by atoms with E-state index in [-0.39, 0.29) is 11.8 Å². The monoisotopic (exact) mass is 251 g/mol. The highest BCUT2D eigenvalue weighted by Crippen LogP contribution is 2.06. The van der Waals surface area contributed by atoms with E-state index in [1.54, 1.807) is 6.07 Å². The van der Waals surface area contributed by atoms with Gasteiger partial charge in [0.15, 0.2) is 0 Å². The number of hydrogen-bond donors (Lipinski definition) is 2. The molecule has 1 amide bonds. The van der Waals surface area contributed by atoms with Gasteiger partial charge in [-0.25, -0.2) is 0 Å². The number of nitrogens with zero attached hydrogens (tertiary/aromatic N) is 1. The molecular weight excluding hydrogens is 234 g/mol. The second kappa shape index (κ2) is 5.72. The van der Waals surface area contributed by atoms with E-state index >= 15 is 0 Å². The number of aryl methyl sites for hydroxylation is 2. The lowest BCUT2D eigenvalue weighted by molar-refractivity contribution is 0.0950. The molecule has 0 radical (unpaired) electrons. The minimum absolute atomic E-state index is 0.00679. The number of pyridine rings is 1. The van der Waals surface area contributed by atoms with E-state index in [2.05, 4.69) is 10.3 Å². The Kier molecular flexibility index (Phi) is 4.57. The smallest absolute Gasteiger partial charge is 0.253 e. The van der Waals surface area contributed by atoms with E-state index in [0.717, 1.165) is 11.4 Å². The van der Waals surface area contributed by atoms with Crippen LogP contribution in [-0.4, -0.2) is 22.4 Å². The summed E-state index contributed by atoms with van der Waals surface area (Å²) < 4.78 is 0. The third-order valence-electron chi connectivity index (χ3n) is 2.52. The van der Waals surface area contributed by atoms with Gasteiger partial charge in [0.2, 0.25) is 0 Å². The van der Waals surface area contributed by atoms with E-state index in [9.17, 15) is 4.79 Å². The molecule has 0 aliphatic rings. The average Bonchev–Trinajstić information content (AvgIpc) is 2.25. The number of carbonyl (C=O) groups excluding carboxylic acids is 1. The Labute approximate surface area is 107 Å². The lowest BCUT2D eigenvalue weighted by atomic mass is 10.1. The van der Waals surface area contributed by atoms with Gasteiger partial charge in [0.05, 0.1) is 16.2 Å². The van der Waals surface area contributed by atoms with Crippen molar-refractivity contribution >= 4 is 23.1 Å². The van der Waals surface area contributed by atoms with Crippen LogP contribution in [0.2, 0.25) is 0 Å². The van der Waals surface area contributed by atoms with Crippen molar-refractivity contribution in [2.75, 3.05) is 6.54 Å². The fraction of sp³-hybridized carbons (Fsp3) is 0.417. The van der Waals surface area contributed by atoms with Crippen LogP contribution in [0.25, 0.3) is 0 Å². The van der Waals surface area contributed by atoms with Gasteiger partial charge in [-0.1, -0.05) is 19.1 Å². The van der Waals surface area contributed by atoms with Gasteiger partial charge in [-0.2, -0.15) is 0 Å². The van der Waals surface area contributed by atoms with Crippen molar-refractivity contribution in [1.29, 1.82) is 0 Å². The number of nitrogens with two attached hydrogens (primary N) is 1. The number of rotatable bonds is 4. The van der Waals surface area contributed by atoms with Gasteiger partial charge in [0.25, 0.3) is 5.91 Å². The largest absolute Gasteiger partial charge is 0.393 e. The van der Waals surface area contributed by atoms with Crippen LogP contribution in [0, 0.1) is 19.8 Å². The van der Waals surface area contributed by atoms with Crippen LogP contribution < -0.4 is 11.1 Å². The summed E-state index contributed by atoms with van der Waals surface area (Å²) in [6.07, 6.45) is 0. The first kappa shape index (κ1) is 13.6. The summed E-state index contributed by atoms with van der Waals surface area (Å²) in [5.74, 6) is -0.147. The van der Waals surface area contributed by atoms with Crippen molar-refractivity contribution in [2.24, 2.45) is 11.7 Å². The highest BCUT2D eigenvalue weighted by atomic mass is 32.1. The first-order chi connectivity index (χ1) is 7.91. The van der Waals surface area contributed by atoms with Crippen molar-refractivity contribution in [2.45, 2.75) is 20.8 Å². The van der Waals surface area contributed by atoms with Crippen LogP contribution >= 0.6 is 12.2 Å². The van der Waals surface area contributed by atoms with Gasteiger partial charge in [0, 0.05) is 18.2 Å². The minimum Gasteiger partial charge on any atom is -0.393 e. The van der Waals surface area contributed by atoms with E-state index in [4.69, 9.17) is 18.0 Å². The quantitative estimate of drug-likeness (QED) is 0.793. The molecule has 1 heterocycles. The SMILES string of the molecule is Cc1ccc(C(=O)NCC(C)C(N)=S)c(C)n1. The van der Waals surface area contributed by atoms with Crippen LogP contribution in [0.15, 0.2) is 12.1 Å². The van der Waals surface area contributed by atoms with E-state index in [0.29, 0.717) is 17.1 Å². The summed E-state index contributed by atoms with van der Waals surface area (Å²) in [6.45, 7) is 6.03. The van der Waals surface area contributed by atoms with Gasteiger partial charge in [-0.3, -0.25) is 9.78 Å². The summed E-state index contributed by atoms with van der Waals surface area (Å²) in [6, 6.07) is 3.59. The molecule has 1 aromatic heterocycles. The minimum atomic E-state index is -0.141. The van der Waals surface area contributed by atoms with Crippen molar-refractivity contribution in [3.8, 4) is 0 Å². The standard InChI is InChI=1S/C12H17N3OS/c1-7(11(13)17)6-14-12(16)10-5-4-8(2)15-9(10)3/h4-5,7H,6H2,1-3H3,(H2,13,17)(H,14,16). The highest BCUT2D eigenvalue weighted by Gasteiger charge is 2.12. The van der Waals surface area contributed by atoms with Crippen LogP contribution in [-0.2, 0) is 0 Å². The Bertz CT molecular complexity index is 445. The molecule has 1 atom stereocenters. The second-order valence-corrected chi connectivity index (χ2v) is 4.57.